The fraction of sp³-hybridized carbons (Fsp3) is 0.400. The van der Waals surface area contributed by atoms with E-state index in [2.05, 4.69) is 26.6 Å². The second-order valence-corrected chi connectivity index (χ2v) is 15.5. The largest absolute Gasteiger partial charge is 0.496 e. The number of hydrogen-bond acceptors (Lipinski definition) is 10. The maximum Gasteiger partial charge on any atom is 0.411 e. The number of amides is 2. The minimum atomic E-state index is -0.452. The molecule has 1 atom stereocenters. The Labute approximate surface area is 343 Å². The Morgan fingerprint density at radius 3 is 2.52 bits per heavy atom. The van der Waals surface area contributed by atoms with Crippen LogP contribution in [-0.4, -0.2) is 81.0 Å². The van der Waals surface area contributed by atoms with Crippen LogP contribution in [0, 0.1) is 0 Å². The lowest BCUT2D eigenvalue weighted by Crippen LogP contribution is -2.41. The van der Waals surface area contributed by atoms with Gasteiger partial charge >= 0.3 is 11.0 Å². The standard InChI is InChI=1S/C45H53N5O7S/c1-4-55-38-18-17-35(43-42(38)48-45(53)58-43)40(56-5-2)29-46-28-32-26-31-14-11-22-50(37(31)27-39(32)54-3)41(51)21-25-49-23-19-33(20-24-49)57-44(52)47-36-16-10-9-15-34(36)30-12-7-6-8-13-30/h6-10,12-13,15-18,26-27,33,40,46H,4-5,11,14,19-25,28-29H2,1-3H3,(H,47,52)(H,48,53)/t40-/m0/s1. The van der Waals surface area contributed by atoms with Crippen LogP contribution in [0.15, 0.2) is 83.7 Å². The van der Waals surface area contributed by atoms with E-state index < -0.39 is 6.09 Å². The molecule has 1 saturated heterocycles. The van der Waals surface area contributed by atoms with Crippen LogP contribution in [0.1, 0.15) is 62.3 Å². The van der Waals surface area contributed by atoms with Crippen LogP contribution in [0.2, 0.25) is 0 Å². The molecule has 58 heavy (non-hydrogen) atoms. The van der Waals surface area contributed by atoms with E-state index in [4.69, 9.17) is 18.9 Å². The molecule has 5 aromatic rings. The van der Waals surface area contributed by atoms with Crippen LogP contribution in [0.3, 0.4) is 0 Å². The van der Waals surface area contributed by atoms with Crippen LogP contribution >= 0.6 is 11.3 Å². The molecule has 0 aliphatic carbocycles. The summed E-state index contributed by atoms with van der Waals surface area (Å²) in [5.74, 6) is 1.47. The smallest absolute Gasteiger partial charge is 0.411 e. The second kappa shape index (κ2) is 19.5. The molecule has 7 rings (SSSR count). The predicted octanol–water partition coefficient (Wildman–Crippen LogP) is 7.91. The molecule has 4 aromatic carbocycles. The Morgan fingerprint density at radius 2 is 1.74 bits per heavy atom. The van der Waals surface area contributed by atoms with Crippen molar-refractivity contribution in [3.8, 4) is 22.6 Å². The quantitative estimate of drug-likeness (QED) is 0.0910. The van der Waals surface area contributed by atoms with Crippen molar-refractivity contribution in [2.24, 2.45) is 0 Å². The summed E-state index contributed by atoms with van der Waals surface area (Å²) in [6.07, 6.45) is 2.69. The molecule has 2 aliphatic heterocycles. The average Bonchev–Trinajstić information content (AvgIpc) is 3.65. The van der Waals surface area contributed by atoms with E-state index in [0.29, 0.717) is 75.6 Å². The zero-order valence-electron chi connectivity index (χ0n) is 33.5. The number of methoxy groups -OCH3 is 1. The molecule has 3 N–H and O–H groups in total. The number of H-pyrrole nitrogens is 1. The molecule has 1 fully saturated rings. The minimum absolute atomic E-state index is 0.0944. The lowest BCUT2D eigenvalue weighted by Gasteiger charge is -2.33. The highest BCUT2D eigenvalue weighted by molar-refractivity contribution is 7.16. The van der Waals surface area contributed by atoms with Gasteiger partial charge in [-0.15, -0.1) is 0 Å². The third kappa shape index (κ3) is 9.72. The highest BCUT2D eigenvalue weighted by atomic mass is 32.1. The van der Waals surface area contributed by atoms with Crippen molar-refractivity contribution >= 4 is 44.9 Å². The zero-order chi connectivity index (χ0) is 40.4. The molecule has 13 heteroatoms. The lowest BCUT2D eigenvalue weighted by atomic mass is 9.97. The first-order valence-corrected chi connectivity index (χ1v) is 21.1. The summed E-state index contributed by atoms with van der Waals surface area (Å²) in [5.41, 5.74) is 7.37. The maximum absolute atomic E-state index is 13.7. The molecule has 306 valence electrons. The summed E-state index contributed by atoms with van der Waals surface area (Å²) >= 11 is 1.17. The number of carbonyl (C=O) groups is 2. The zero-order valence-corrected chi connectivity index (χ0v) is 34.3. The summed E-state index contributed by atoms with van der Waals surface area (Å²) in [5, 5.41) is 6.51. The summed E-state index contributed by atoms with van der Waals surface area (Å²) < 4.78 is 24.5. The van der Waals surface area contributed by atoms with Gasteiger partial charge in [-0.1, -0.05) is 65.9 Å². The number of piperidine rings is 1. The van der Waals surface area contributed by atoms with Crippen molar-refractivity contribution in [2.75, 3.05) is 63.3 Å². The van der Waals surface area contributed by atoms with Crippen LogP contribution in [0.5, 0.6) is 11.5 Å². The number of para-hydroxylation sites is 1. The first kappa shape index (κ1) is 41.0. The highest BCUT2D eigenvalue weighted by Gasteiger charge is 2.28. The van der Waals surface area contributed by atoms with E-state index in [1.165, 1.54) is 11.3 Å². The van der Waals surface area contributed by atoms with Gasteiger partial charge in [0.15, 0.2) is 0 Å². The highest BCUT2D eigenvalue weighted by Crippen LogP contribution is 2.36. The van der Waals surface area contributed by atoms with Gasteiger partial charge in [0.25, 0.3) is 0 Å². The number of carbonyl (C=O) groups excluding carboxylic acids is 2. The third-order valence-corrected chi connectivity index (χ3v) is 11.8. The van der Waals surface area contributed by atoms with Crippen molar-refractivity contribution in [3.05, 3.63) is 105 Å². The Hall–Kier alpha value is -5.21. The topological polar surface area (TPSA) is 134 Å². The fourth-order valence-corrected chi connectivity index (χ4v) is 8.91. The SMILES string of the molecule is CCOc1ccc([C@H](CNCc2cc3c(cc2OC)N(C(=O)CCN2CCC(OC(=O)Nc4ccccc4-c4ccccc4)CC2)CCC3)OCC)c2sc(=O)[nH]c12. The molecule has 0 spiro atoms. The van der Waals surface area contributed by atoms with Gasteiger partial charge in [0.05, 0.1) is 35.9 Å². The molecule has 12 nitrogen and oxygen atoms in total. The van der Waals surface area contributed by atoms with E-state index in [0.717, 1.165) is 69.9 Å². The number of aryl methyl sites for hydroxylation is 1. The summed E-state index contributed by atoms with van der Waals surface area (Å²) in [6.45, 7) is 8.80. The summed E-state index contributed by atoms with van der Waals surface area (Å²) in [4.78, 5) is 46.0. The molecule has 2 aliphatic rings. The number of aromatic nitrogens is 1. The normalized spacial score (nSPS) is 15.2. The van der Waals surface area contributed by atoms with Crippen molar-refractivity contribution in [3.63, 3.8) is 0 Å². The molecule has 3 heterocycles. The van der Waals surface area contributed by atoms with Gasteiger partial charge in [-0.2, -0.15) is 0 Å². The number of benzene rings is 4. The number of likely N-dealkylation sites (tertiary alicyclic amines) is 1. The predicted molar refractivity (Wildman–Crippen MR) is 229 cm³/mol. The molecular formula is C45H53N5O7S. The fourth-order valence-electron chi connectivity index (χ4n) is 8.00. The van der Waals surface area contributed by atoms with Crippen LogP contribution in [-0.2, 0) is 27.2 Å². The van der Waals surface area contributed by atoms with Crippen LogP contribution < -0.4 is 29.9 Å². The molecular weight excluding hydrogens is 755 g/mol. The first-order chi connectivity index (χ1) is 28.3. The van der Waals surface area contributed by atoms with E-state index in [-0.39, 0.29) is 23.0 Å². The second-order valence-electron chi connectivity index (χ2n) is 14.6. The van der Waals surface area contributed by atoms with Crippen molar-refractivity contribution in [1.82, 2.24) is 15.2 Å². The minimum Gasteiger partial charge on any atom is -0.496 e. The van der Waals surface area contributed by atoms with Gasteiger partial charge < -0.3 is 39.0 Å². The number of fused-ring (bicyclic) bond motifs is 2. The molecule has 1 aromatic heterocycles. The van der Waals surface area contributed by atoms with Gasteiger partial charge in [-0.05, 0) is 68.9 Å². The molecule has 0 unspecified atom stereocenters. The third-order valence-electron chi connectivity index (χ3n) is 10.8. The van der Waals surface area contributed by atoms with Crippen molar-refractivity contribution in [2.45, 2.75) is 64.7 Å². The molecule has 0 saturated carbocycles. The van der Waals surface area contributed by atoms with E-state index >= 15 is 0 Å². The van der Waals surface area contributed by atoms with Gasteiger partial charge in [0.1, 0.15) is 23.1 Å². The number of hydrogen-bond donors (Lipinski definition) is 3. The number of anilines is 2. The first-order valence-electron chi connectivity index (χ1n) is 20.3. The Bertz CT molecular complexity index is 2230. The number of rotatable bonds is 16. The van der Waals surface area contributed by atoms with Gasteiger partial charge in [-0.25, -0.2) is 4.79 Å². The summed E-state index contributed by atoms with van der Waals surface area (Å²) in [7, 11) is 1.66. The van der Waals surface area contributed by atoms with Crippen molar-refractivity contribution < 1.29 is 28.5 Å². The number of thiazole rings is 1. The number of ether oxygens (including phenoxy) is 4. The monoisotopic (exact) mass is 807 g/mol. The van der Waals surface area contributed by atoms with Gasteiger partial charge in [-0.3, -0.25) is 14.9 Å². The Kier molecular flexibility index (Phi) is 13.8. The molecule has 0 radical (unpaired) electrons. The van der Waals surface area contributed by atoms with Gasteiger partial charge in [0.2, 0.25) is 5.91 Å². The number of nitrogens with zero attached hydrogens (tertiary/aromatic N) is 2. The van der Waals surface area contributed by atoms with Gasteiger partial charge in [0, 0.05) is 75.1 Å². The number of aromatic amines is 1. The number of nitrogens with one attached hydrogen (secondary N) is 3. The summed E-state index contributed by atoms with van der Waals surface area (Å²) in [6, 6.07) is 25.7. The Balaban J connectivity index is 0.911. The van der Waals surface area contributed by atoms with E-state index in [9.17, 15) is 14.4 Å². The van der Waals surface area contributed by atoms with Crippen LogP contribution in [0.25, 0.3) is 21.3 Å². The van der Waals surface area contributed by atoms with Crippen molar-refractivity contribution in [1.29, 1.82) is 0 Å². The van der Waals surface area contributed by atoms with E-state index in [1.54, 1.807) is 7.11 Å². The van der Waals surface area contributed by atoms with E-state index in [1.807, 2.05) is 91.5 Å². The Morgan fingerprint density at radius 1 is 0.948 bits per heavy atom. The van der Waals surface area contributed by atoms with Crippen LogP contribution in [0.4, 0.5) is 16.2 Å². The molecule has 2 amide bonds. The maximum atomic E-state index is 13.7. The lowest BCUT2D eigenvalue weighted by molar-refractivity contribution is -0.119. The molecule has 0 bridgehead atoms. The average molecular weight is 808 g/mol.